The van der Waals surface area contributed by atoms with Gasteiger partial charge < -0.3 is 15.0 Å². The Morgan fingerprint density at radius 2 is 2.15 bits per heavy atom. The molecule has 0 fully saturated rings. The lowest BCUT2D eigenvalue weighted by molar-refractivity contribution is -0.121. The molecule has 0 saturated carbocycles. The van der Waals surface area contributed by atoms with Crippen LogP contribution >= 0.6 is 0 Å². The van der Waals surface area contributed by atoms with Crippen molar-refractivity contribution in [2.24, 2.45) is 7.05 Å². The van der Waals surface area contributed by atoms with Gasteiger partial charge in [-0.15, -0.1) is 0 Å². The zero-order valence-corrected chi connectivity index (χ0v) is 15.1. The van der Waals surface area contributed by atoms with Crippen LogP contribution in [0.2, 0.25) is 0 Å². The second-order valence-corrected chi connectivity index (χ2v) is 5.99. The maximum Gasteiger partial charge on any atom is 0.251 e. The molecule has 0 aliphatic heterocycles. The minimum absolute atomic E-state index is 0.110. The van der Waals surface area contributed by atoms with Crippen LogP contribution in [-0.2, 0) is 36.0 Å². The summed E-state index contributed by atoms with van der Waals surface area (Å²) >= 11 is 0. The molecular weight excluding hydrogens is 337 g/mol. The van der Waals surface area contributed by atoms with Crippen LogP contribution < -0.4 is 5.32 Å². The summed E-state index contributed by atoms with van der Waals surface area (Å²) in [5.41, 5.74) is 3.29. The maximum atomic E-state index is 13.2. The molecule has 0 spiro atoms. The van der Waals surface area contributed by atoms with Crippen molar-refractivity contribution in [3.63, 3.8) is 0 Å². The number of carbonyl (C=O) groups excluding carboxylic acids is 1. The number of rotatable bonds is 7. The lowest BCUT2D eigenvalue weighted by Crippen LogP contribution is -2.20. The maximum absolute atomic E-state index is 13.2. The number of aryl methyl sites for hydroxylation is 2. The monoisotopic (exact) mass is 359 g/mol. The van der Waals surface area contributed by atoms with Gasteiger partial charge >= 0.3 is 0 Å². The highest BCUT2D eigenvalue weighted by Crippen LogP contribution is 2.20. The Balaban J connectivity index is 1.58. The van der Waals surface area contributed by atoms with Gasteiger partial charge in [0, 0.05) is 12.6 Å². The number of ether oxygens (including phenoxy) is 1. The number of aromatic nitrogens is 4. The molecule has 138 valence electrons. The van der Waals surface area contributed by atoms with Crippen LogP contribution in [-0.4, -0.2) is 32.3 Å². The standard InChI is InChI=1S/C18H22FN5O2/c1-4-12-13(5-2)23-24(3)18(12)22-17(25)10-26-9-16-20-14-7-6-11(19)8-15(14)21-16/h6-8H,4-5,9-10H2,1-3H3,(H,20,21)(H,22,25). The molecule has 1 aromatic carbocycles. The molecule has 3 rings (SSSR count). The Kier molecular flexibility index (Phi) is 5.32. The van der Waals surface area contributed by atoms with Gasteiger partial charge in [0.05, 0.1) is 16.7 Å². The summed E-state index contributed by atoms with van der Waals surface area (Å²) in [7, 11) is 1.81. The van der Waals surface area contributed by atoms with E-state index in [0.717, 1.165) is 24.1 Å². The molecule has 0 saturated heterocycles. The van der Waals surface area contributed by atoms with Crippen LogP contribution in [0.25, 0.3) is 11.0 Å². The summed E-state index contributed by atoms with van der Waals surface area (Å²) in [6.07, 6.45) is 1.61. The number of hydrogen-bond acceptors (Lipinski definition) is 4. The van der Waals surface area contributed by atoms with E-state index in [1.54, 1.807) is 10.7 Å². The fraction of sp³-hybridized carbons (Fsp3) is 0.389. The number of hydrogen-bond donors (Lipinski definition) is 2. The van der Waals surface area contributed by atoms with E-state index in [0.29, 0.717) is 22.7 Å². The van der Waals surface area contributed by atoms with Crippen molar-refractivity contribution in [2.45, 2.75) is 33.3 Å². The quantitative estimate of drug-likeness (QED) is 0.679. The van der Waals surface area contributed by atoms with E-state index in [-0.39, 0.29) is 24.9 Å². The zero-order chi connectivity index (χ0) is 18.7. The highest BCUT2D eigenvalue weighted by atomic mass is 19.1. The van der Waals surface area contributed by atoms with Crippen molar-refractivity contribution in [3.8, 4) is 0 Å². The SMILES string of the molecule is CCc1nn(C)c(NC(=O)COCc2nc3ccc(F)cc3[nH]2)c1CC. The minimum atomic E-state index is -0.331. The number of carbonyl (C=O) groups is 1. The third kappa shape index (κ3) is 3.75. The lowest BCUT2D eigenvalue weighted by atomic mass is 10.1. The average Bonchev–Trinajstić information content (AvgIpc) is 3.14. The summed E-state index contributed by atoms with van der Waals surface area (Å²) in [6.45, 7) is 4.10. The molecule has 2 aromatic heterocycles. The van der Waals surface area contributed by atoms with Gasteiger partial charge in [-0.1, -0.05) is 13.8 Å². The smallest absolute Gasteiger partial charge is 0.251 e. The van der Waals surface area contributed by atoms with Crippen LogP contribution in [0.15, 0.2) is 18.2 Å². The first-order valence-electron chi connectivity index (χ1n) is 8.58. The van der Waals surface area contributed by atoms with Gasteiger partial charge in [0.25, 0.3) is 5.91 Å². The molecule has 0 bridgehead atoms. The summed E-state index contributed by atoms with van der Waals surface area (Å²) in [4.78, 5) is 19.5. The fourth-order valence-corrected chi connectivity index (χ4v) is 2.95. The van der Waals surface area contributed by atoms with Gasteiger partial charge in [-0.3, -0.25) is 9.48 Å². The molecule has 0 unspecified atom stereocenters. The number of nitrogens with one attached hydrogen (secondary N) is 2. The van der Waals surface area contributed by atoms with Crippen molar-refractivity contribution in [2.75, 3.05) is 11.9 Å². The average molecular weight is 359 g/mol. The Morgan fingerprint density at radius 1 is 1.35 bits per heavy atom. The van der Waals surface area contributed by atoms with Gasteiger partial charge in [0.15, 0.2) is 0 Å². The molecule has 2 heterocycles. The Hall–Kier alpha value is -2.74. The van der Waals surface area contributed by atoms with E-state index in [9.17, 15) is 9.18 Å². The molecule has 26 heavy (non-hydrogen) atoms. The van der Waals surface area contributed by atoms with Crippen LogP contribution in [0, 0.1) is 5.82 Å². The normalized spacial score (nSPS) is 11.2. The third-order valence-electron chi connectivity index (χ3n) is 4.14. The number of benzene rings is 1. The van der Waals surface area contributed by atoms with Crippen molar-refractivity contribution in [1.29, 1.82) is 0 Å². The number of amides is 1. The predicted octanol–water partition coefficient (Wildman–Crippen LogP) is 2.72. The van der Waals surface area contributed by atoms with Gasteiger partial charge in [-0.25, -0.2) is 9.37 Å². The number of aromatic amines is 1. The molecule has 2 N–H and O–H groups in total. The van der Waals surface area contributed by atoms with Crippen molar-refractivity contribution >= 4 is 22.8 Å². The first-order chi connectivity index (χ1) is 12.5. The van der Waals surface area contributed by atoms with E-state index < -0.39 is 0 Å². The number of fused-ring (bicyclic) bond motifs is 1. The van der Waals surface area contributed by atoms with Crippen LogP contribution in [0.4, 0.5) is 10.2 Å². The molecule has 8 heteroatoms. The van der Waals surface area contributed by atoms with Gasteiger partial charge in [-0.05, 0) is 31.0 Å². The van der Waals surface area contributed by atoms with Crippen molar-refractivity contribution in [1.82, 2.24) is 19.7 Å². The number of H-pyrrole nitrogens is 1. The van der Waals surface area contributed by atoms with Gasteiger partial charge in [-0.2, -0.15) is 5.10 Å². The largest absolute Gasteiger partial charge is 0.364 e. The molecule has 0 aliphatic carbocycles. The Morgan fingerprint density at radius 3 is 2.88 bits per heavy atom. The summed E-state index contributed by atoms with van der Waals surface area (Å²) in [5, 5.41) is 7.29. The topological polar surface area (TPSA) is 84.8 Å². The van der Waals surface area contributed by atoms with Crippen molar-refractivity contribution in [3.05, 3.63) is 41.1 Å². The van der Waals surface area contributed by atoms with Crippen LogP contribution in [0.1, 0.15) is 30.9 Å². The molecule has 7 nitrogen and oxygen atoms in total. The minimum Gasteiger partial charge on any atom is -0.364 e. The molecule has 0 atom stereocenters. The predicted molar refractivity (Wildman–Crippen MR) is 96.3 cm³/mol. The Labute approximate surface area is 150 Å². The summed E-state index contributed by atoms with van der Waals surface area (Å²) in [5.74, 6) is 0.661. The molecule has 3 aromatic rings. The van der Waals surface area contributed by atoms with Gasteiger partial charge in [0.1, 0.15) is 30.7 Å². The fourth-order valence-electron chi connectivity index (χ4n) is 2.95. The van der Waals surface area contributed by atoms with E-state index in [1.165, 1.54) is 12.1 Å². The summed E-state index contributed by atoms with van der Waals surface area (Å²) in [6, 6.07) is 4.32. The second kappa shape index (κ2) is 7.65. The molecule has 0 aliphatic rings. The third-order valence-corrected chi connectivity index (χ3v) is 4.14. The first-order valence-corrected chi connectivity index (χ1v) is 8.58. The number of nitrogens with zero attached hydrogens (tertiary/aromatic N) is 3. The van der Waals surface area contributed by atoms with E-state index >= 15 is 0 Å². The lowest BCUT2D eigenvalue weighted by Gasteiger charge is -2.08. The molecule has 0 radical (unpaired) electrons. The first kappa shape index (κ1) is 18.1. The molecule has 1 amide bonds. The van der Waals surface area contributed by atoms with Crippen LogP contribution in [0.3, 0.4) is 0 Å². The number of anilines is 1. The van der Waals surface area contributed by atoms with Gasteiger partial charge in [0.2, 0.25) is 0 Å². The zero-order valence-electron chi connectivity index (χ0n) is 15.1. The molecular formula is C18H22FN5O2. The van der Waals surface area contributed by atoms with Crippen LogP contribution in [0.5, 0.6) is 0 Å². The second-order valence-electron chi connectivity index (χ2n) is 5.99. The number of halogens is 1. The highest BCUT2D eigenvalue weighted by molar-refractivity contribution is 5.91. The Bertz CT molecular complexity index is 931. The van der Waals surface area contributed by atoms with E-state index in [1.807, 2.05) is 20.9 Å². The number of imidazole rings is 1. The summed E-state index contributed by atoms with van der Waals surface area (Å²) < 4.78 is 20.3. The van der Waals surface area contributed by atoms with E-state index in [4.69, 9.17) is 4.74 Å². The highest BCUT2D eigenvalue weighted by Gasteiger charge is 2.15. The van der Waals surface area contributed by atoms with E-state index in [2.05, 4.69) is 20.4 Å². The van der Waals surface area contributed by atoms with Crippen molar-refractivity contribution < 1.29 is 13.9 Å².